The van der Waals surface area contributed by atoms with Gasteiger partial charge >= 0.3 is 5.69 Å². The van der Waals surface area contributed by atoms with Crippen LogP contribution in [0.15, 0.2) is 107 Å². The van der Waals surface area contributed by atoms with E-state index in [0.29, 0.717) is 45.6 Å². The van der Waals surface area contributed by atoms with Gasteiger partial charge in [-0.05, 0) is 60.0 Å². The maximum Gasteiger partial charge on any atom is 0.332 e. The number of fused-ring (bicyclic) bond motifs is 1. The Labute approximate surface area is 228 Å². The molecule has 39 heavy (non-hydrogen) atoms. The average molecular weight is 542 g/mol. The SMILES string of the molecule is O=C(NCCc1ccc(Cl)cc1)c1ccc(Cn2c(=O)c3ccccc3n(Cc3ccccc3F)c2=O)cc1. The summed E-state index contributed by atoms with van der Waals surface area (Å²) in [5.74, 6) is -0.640. The minimum Gasteiger partial charge on any atom is -0.352 e. The van der Waals surface area contributed by atoms with E-state index in [1.54, 1.807) is 66.7 Å². The van der Waals surface area contributed by atoms with Crippen LogP contribution in [0, 0.1) is 5.82 Å². The monoisotopic (exact) mass is 541 g/mol. The van der Waals surface area contributed by atoms with Crippen molar-refractivity contribution in [3.8, 4) is 0 Å². The maximum absolute atomic E-state index is 14.4. The summed E-state index contributed by atoms with van der Waals surface area (Å²) in [5, 5.41) is 3.92. The van der Waals surface area contributed by atoms with Crippen LogP contribution in [0.4, 0.5) is 4.39 Å². The van der Waals surface area contributed by atoms with E-state index in [0.717, 1.165) is 10.1 Å². The summed E-state index contributed by atoms with van der Waals surface area (Å²) in [5.41, 5.74) is 2.04. The summed E-state index contributed by atoms with van der Waals surface area (Å²) in [7, 11) is 0. The van der Waals surface area contributed by atoms with Gasteiger partial charge in [-0.3, -0.25) is 18.7 Å². The molecule has 1 aromatic heterocycles. The first-order valence-electron chi connectivity index (χ1n) is 12.5. The highest BCUT2D eigenvalue weighted by Gasteiger charge is 2.15. The average Bonchev–Trinajstić information content (AvgIpc) is 2.95. The molecular formula is C31H25ClFN3O3. The van der Waals surface area contributed by atoms with Gasteiger partial charge in [-0.25, -0.2) is 9.18 Å². The summed E-state index contributed by atoms with van der Waals surface area (Å²) in [6.07, 6.45) is 0.672. The third-order valence-electron chi connectivity index (χ3n) is 6.59. The van der Waals surface area contributed by atoms with E-state index in [1.165, 1.54) is 10.6 Å². The minimum atomic E-state index is -0.536. The van der Waals surface area contributed by atoms with Crippen LogP contribution in [0.2, 0.25) is 5.02 Å². The van der Waals surface area contributed by atoms with Gasteiger partial charge < -0.3 is 5.32 Å². The molecule has 0 aliphatic rings. The number of halogens is 2. The molecule has 8 heteroatoms. The lowest BCUT2D eigenvalue weighted by molar-refractivity contribution is 0.0954. The van der Waals surface area contributed by atoms with Crippen molar-refractivity contribution >= 4 is 28.4 Å². The van der Waals surface area contributed by atoms with E-state index in [1.807, 2.05) is 24.3 Å². The molecule has 4 aromatic carbocycles. The van der Waals surface area contributed by atoms with Gasteiger partial charge in [-0.1, -0.05) is 66.2 Å². The van der Waals surface area contributed by atoms with Crippen molar-refractivity contribution in [2.24, 2.45) is 0 Å². The smallest absolute Gasteiger partial charge is 0.332 e. The number of carbonyl (C=O) groups excluding carboxylic acids is 1. The molecule has 0 saturated heterocycles. The van der Waals surface area contributed by atoms with Gasteiger partial charge in [0.05, 0.1) is 24.0 Å². The van der Waals surface area contributed by atoms with Gasteiger partial charge in [0.15, 0.2) is 0 Å². The van der Waals surface area contributed by atoms with Crippen molar-refractivity contribution in [3.05, 3.63) is 151 Å². The number of hydrogen-bond acceptors (Lipinski definition) is 3. The van der Waals surface area contributed by atoms with Crippen LogP contribution in [0.3, 0.4) is 0 Å². The van der Waals surface area contributed by atoms with Crippen LogP contribution >= 0.6 is 11.6 Å². The largest absolute Gasteiger partial charge is 0.352 e. The normalized spacial score (nSPS) is 11.0. The van der Waals surface area contributed by atoms with Gasteiger partial charge in [0, 0.05) is 22.7 Å². The van der Waals surface area contributed by atoms with Crippen LogP contribution in [-0.4, -0.2) is 21.6 Å². The van der Waals surface area contributed by atoms with Crippen LogP contribution < -0.4 is 16.6 Å². The van der Waals surface area contributed by atoms with E-state index < -0.39 is 17.1 Å². The highest BCUT2D eigenvalue weighted by atomic mass is 35.5. The molecular weight excluding hydrogens is 517 g/mol. The number of nitrogens with zero attached hydrogens (tertiary/aromatic N) is 2. The molecule has 0 fully saturated rings. The molecule has 0 unspecified atom stereocenters. The molecule has 1 N–H and O–H groups in total. The number of hydrogen-bond donors (Lipinski definition) is 1. The zero-order valence-corrected chi connectivity index (χ0v) is 21.7. The molecule has 0 saturated carbocycles. The zero-order chi connectivity index (χ0) is 27.4. The molecule has 196 valence electrons. The van der Waals surface area contributed by atoms with Crippen LogP contribution in [0.25, 0.3) is 10.9 Å². The Kier molecular flexibility index (Phi) is 7.70. The second-order valence-electron chi connectivity index (χ2n) is 9.20. The Balaban J connectivity index is 1.36. The quantitative estimate of drug-likeness (QED) is 0.300. The third kappa shape index (κ3) is 5.84. The molecule has 0 radical (unpaired) electrons. The molecule has 0 spiro atoms. The molecule has 0 bridgehead atoms. The Bertz CT molecular complexity index is 1760. The number of aromatic nitrogens is 2. The fourth-order valence-electron chi connectivity index (χ4n) is 4.48. The molecule has 1 amide bonds. The summed E-state index contributed by atoms with van der Waals surface area (Å²) < 4.78 is 17.0. The number of amides is 1. The topological polar surface area (TPSA) is 73.1 Å². The van der Waals surface area contributed by atoms with Gasteiger partial charge in [-0.2, -0.15) is 0 Å². The van der Waals surface area contributed by atoms with E-state index >= 15 is 0 Å². The number of benzene rings is 4. The highest BCUT2D eigenvalue weighted by Crippen LogP contribution is 2.14. The van der Waals surface area contributed by atoms with Crippen LogP contribution in [-0.2, 0) is 19.5 Å². The number of para-hydroxylation sites is 1. The van der Waals surface area contributed by atoms with Crippen molar-refractivity contribution < 1.29 is 9.18 Å². The van der Waals surface area contributed by atoms with Crippen molar-refractivity contribution in [1.29, 1.82) is 0 Å². The lowest BCUT2D eigenvalue weighted by atomic mass is 10.1. The lowest BCUT2D eigenvalue weighted by Crippen LogP contribution is -2.40. The van der Waals surface area contributed by atoms with Crippen molar-refractivity contribution in [3.63, 3.8) is 0 Å². The third-order valence-corrected chi connectivity index (χ3v) is 6.84. The molecule has 0 aliphatic heterocycles. The zero-order valence-electron chi connectivity index (χ0n) is 20.9. The molecule has 1 heterocycles. The van der Waals surface area contributed by atoms with Crippen molar-refractivity contribution in [2.75, 3.05) is 6.54 Å². The first-order valence-corrected chi connectivity index (χ1v) is 12.9. The molecule has 5 rings (SSSR count). The summed E-state index contributed by atoms with van der Waals surface area (Å²) in [6.45, 7) is 0.468. The van der Waals surface area contributed by atoms with Crippen molar-refractivity contribution in [2.45, 2.75) is 19.5 Å². The Morgan fingerprint density at radius 3 is 2.18 bits per heavy atom. The molecule has 0 atom stereocenters. The summed E-state index contributed by atoms with van der Waals surface area (Å²) in [4.78, 5) is 39.3. The summed E-state index contributed by atoms with van der Waals surface area (Å²) >= 11 is 5.91. The molecule has 6 nitrogen and oxygen atoms in total. The molecule has 5 aromatic rings. The van der Waals surface area contributed by atoms with Crippen molar-refractivity contribution in [1.82, 2.24) is 14.5 Å². The Morgan fingerprint density at radius 1 is 0.769 bits per heavy atom. The first kappa shape index (κ1) is 26.1. The fraction of sp³-hybridized carbons (Fsp3) is 0.129. The number of nitrogens with one attached hydrogen (secondary N) is 1. The highest BCUT2D eigenvalue weighted by molar-refractivity contribution is 6.30. The number of rotatable bonds is 8. The van der Waals surface area contributed by atoms with E-state index in [2.05, 4.69) is 5.32 Å². The van der Waals surface area contributed by atoms with Crippen LogP contribution in [0.5, 0.6) is 0 Å². The van der Waals surface area contributed by atoms with Crippen LogP contribution in [0.1, 0.15) is 27.0 Å². The van der Waals surface area contributed by atoms with Gasteiger partial charge in [0.2, 0.25) is 0 Å². The van der Waals surface area contributed by atoms with E-state index in [9.17, 15) is 18.8 Å². The second-order valence-corrected chi connectivity index (χ2v) is 9.63. The van der Waals surface area contributed by atoms with Gasteiger partial charge in [0.25, 0.3) is 11.5 Å². The minimum absolute atomic E-state index is 0.0121. The Morgan fingerprint density at radius 2 is 1.44 bits per heavy atom. The molecule has 0 aliphatic carbocycles. The predicted molar refractivity (Wildman–Crippen MR) is 151 cm³/mol. The van der Waals surface area contributed by atoms with Gasteiger partial charge in [-0.15, -0.1) is 0 Å². The Hall–Kier alpha value is -4.49. The van der Waals surface area contributed by atoms with E-state index in [4.69, 9.17) is 11.6 Å². The standard InChI is InChI=1S/C31H25ClFN3O3/c32-25-15-11-21(12-16-25)17-18-34-29(37)23-13-9-22(10-14-23)19-36-30(38)26-6-2-4-8-28(26)35(31(36)39)20-24-5-1-3-7-27(24)33/h1-16H,17-20H2,(H,34,37). The fourth-order valence-corrected chi connectivity index (χ4v) is 4.60. The number of carbonyl (C=O) groups is 1. The predicted octanol–water partition coefficient (Wildman–Crippen LogP) is 5.02. The van der Waals surface area contributed by atoms with E-state index in [-0.39, 0.29) is 19.0 Å². The first-order chi connectivity index (χ1) is 18.9. The summed E-state index contributed by atoms with van der Waals surface area (Å²) in [6, 6.07) is 27.3. The maximum atomic E-state index is 14.4. The lowest BCUT2D eigenvalue weighted by Gasteiger charge is -2.15. The van der Waals surface area contributed by atoms with Gasteiger partial charge in [0.1, 0.15) is 5.82 Å². The second kappa shape index (κ2) is 11.5.